The molecule has 0 aliphatic heterocycles. The van der Waals surface area contributed by atoms with Crippen molar-refractivity contribution in [2.24, 2.45) is 0 Å². The Morgan fingerprint density at radius 1 is 1.13 bits per heavy atom. The zero-order valence-electron chi connectivity index (χ0n) is 12.9. The maximum atomic E-state index is 5.92. The lowest BCUT2D eigenvalue weighted by Gasteiger charge is -2.08. The molecule has 0 aliphatic carbocycles. The SMILES string of the molecule is C=C(/C=C\C=C/C)c1nc(Oc2ccccc2)c2cccn2n1. The van der Waals surface area contributed by atoms with Gasteiger partial charge in [0.1, 0.15) is 11.3 Å². The summed E-state index contributed by atoms with van der Waals surface area (Å²) in [6, 6.07) is 13.4. The largest absolute Gasteiger partial charge is 0.437 e. The van der Waals surface area contributed by atoms with E-state index in [9.17, 15) is 0 Å². The maximum absolute atomic E-state index is 5.92. The van der Waals surface area contributed by atoms with E-state index in [0.29, 0.717) is 11.7 Å². The molecule has 0 radical (unpaired) electrons. The number of rotatable bonds is 5. The highest BCUT2D eigenvalue weighted by Gasteiger charge is 2.10. The highest BCUT2D eigenvalue weighted by atomic mass is 16.5. The van der Waals surface area contributed by atoms with Crippen molar-refractivity contribution in [1.29, 1.82) is 0 Å². The molecule has 0 unspecified atom stereocenters. The molecule has 2 aromatic heterocycles. The average Bonchev–Trinajstić information content (AvgIpc) is 3.05. The number of fused-ring (bicyclic) bond motifs is 1. The van der Waals surface area contributed by atoms with Crippen molar-refractivity contribution in [3.05, 3.63) is 85.4 Å². The van der Waals surface area contributed by atoms with Crippen LogP contribution in [-0.4, -0.2) is 14.6 Å². The quantitative estimate of drug-likeness (QED) is 0.643. The number of para-hydroxylation sites is 1. The van der Waals surface area contributed by atoms with Gasteiger partial charge >= 0.3 is 0 Å². The van der Waals surface area contributed by atoms with Gasteiger partial charge in [0.2, 0.25) is 5.88 Å². The molecule has 0 saturated heterocycles. The second-order valence-electron chi connectivity index (χ2n) is 4.90. The Morgan fingerprint density at radius 2 is 1.96 bits per heavy atom. The first-order valence-electron chi connectivity index (χ1n) is 7.35. The molecule has 0 atom stereocenters. The van der Waals surface area contributed by atoms with E-state index < -0.39 is 0 Å². The van der Waals surface area contributed by atoms with Gasteiger partial charge in [-0.25, -0.2) is 4.52 Å². The lowest BCUT2D eigenvalue weighted by Crippen LogP contribution is -2.02. The molecule has 114 valence electrons. The zero-order valence-corrected chi connectivity index (χ0v) is 12.9. The molecule has 0 N–H and O–H groups in total. The number of hydrogen-bond donors (Lipinski definition) is 0. The van der Waals surface area contributed by atoms with Crippen LogP contribution in [0.25, 0.3) is 11.1 Å². The predicted molar refractivity (Wildman–Crippen MR) is 92.5 cm³/mol. The summed E-state index contributed by atoms with van der Waals surface area (Å²) in [5, 5.41) is 4.47. The Hall–Kier alpha value is -3.14. The van der Waals surface area contributed by atoms with Crippen molar-refractivity contribution in [3.63, 3.8) is 0 Å². The number of nitrogens with zero attached hydrogens (tertiary/aromatic N) is 3. The van der Waals surface area contributed by atoms with Crippen LogP contribution >= 0.6 is 0 Å². The van der Waals surface area contributed by atoms with Crippen molar-refractivity contribution < 1.29 is 4.74 Å². The van der Waals surface area contributed by atoms with Gasteiger partial charge in [0, 0.05) is 11.8 Å². The molecule has 3 rings (SSSR count). The van der Waals surface area contributed by atoms with Crippen LogP contribution in [0.15, 0.2) is 79.5 Å². The van der Waals surface area contributed by atoms with Gasteiger partial charge in [-0.1, -0.05) is 49.1 Å². The summed E-state index contributed by atoms with van der Waals surface area (Å²) in [4.78, 5) is 4.52. The van der Waals surface area contributed by atoms with Gasteiger partial charge in [-0.3, -0.25) is 0 Å². The molecule has 2 heterocycles. The standard InChI is InChI=1S/C19H17N3O/c1-3-4-6-10-15(2)18-20-19(17-13-9-14-22(17)21-18)23-16-11-7-5-8-12-16/h3-14H,2H2,1H3/b4-3-,10-6-. The van der Waals surface area contributed by atoms with E-state index >= 15 is 0 Å². The van der Waals surface area contributed by atoms with Crippen LogP contribution < -0.4 is 4.74 Å². The second kappa shape index (κ2) is 6.75. The molecular formula is C19H17N3O. The van der Waals surface area contributed by atoms with Gasteiger partial charge < -0.3 is 4.74 Å². The Morgan fingerprint density at radius 3 is 2.74 bits per heavy atom. The molecular weight excluding hydrogens is 286 g/mol. The van der Waals surface area contributed by atoms with Crippen LogP contribution in [0.4, 0.5) is 0 Å². The minimum Gasteiger partial charge on any atom is -0.437 e. The molecule has 1 aromatic carbocycles. The van der Waals surface area contributed by atoms with E-state index in [2.05, 4.69) is 16.7 Å². The Labute approximate surface area is 135 Å². The summed E-state index contributed by atoms with van der Waals surface area (Å²) < 4.78 is 7.66. The second-order valence-corrected chi connectivity index (χ2v) is 4.90. The number of ether oxygens (including phenoxy) is 1. The Bertz CT molecular complexity index is 876. The molecule has 23 heavy (non-hydrogen) atoms. The fourth-order valence-electron chi connectivity index (χ4n) is 2.08. The molecule has 4 nitrogen and oxygen atoms in total. The molecule has 3 aromatic rings. The van der Waals surface area contributed by atoms with Gasteiger partial charge in [-0.15, -0.1) is 5.10 Å². The number of aromatic nitrogens is 3. The van der Waals surface area contributed by atoms with Gasteiger partial charge in [0.05, 0.1) is 0 Å². The number of hydrogen-bond acceptors (Lipinski definition) is 3. The van der Waals surface area contributed by atoms with Crippen LogP contribution in [0, 0.1) is 0 Å². The highest BCUT2D eigenvalue weighted by Crippen LogP contribution is 2.25. The fraction of sp³-hybridized carbons (Fsp3) is 0.0526. The van der Waals surface area contributed by atoms with Crippen LogP contribution in [0.3, 0.4) is 0 Å². The van der Waals surface area contributed by atoms with Gasteiger partial charge in [0.15, 0.2) is 5.82 Å². The smallest absolute Gasteiger partial charge is 0.247 e. The molecule has 0 aliphatic rings. The minimum absolute atomic E-state index is 0.506. The number of benzene rings is 1. The van der Waals surface area contributed by atoms with Crippen LogP contribution in [-0.2, 0) is 0 Å². The average molecular weight is 303 g/mol. The normalized spacial score (nSPS) is 11.5. The summed E-state index contributed by atoms with van der Waals surface area (Å²) in [5.41, 5.74) is 1.53. The van der Waals surface area contributed by atoms with Crippen LogP contribution in [0.5, 0.6) is 11.6 Å². The topological polar surface area (TPSA) is 39.4 Å². The van der Waals surface area contributed by atoms with E-state index in [4.69, 9.17) is 4.74 Å². The molecule has 0 fully saturated rings. The first-order chi connectivity index (χ1) is 11.3. The summed E-state index contributed by atoms with van der Waals surface area (Å²) in [6.45, 7) is 5.98. The van der Waals surface area contributed by atoms with Crippen molar-refractivity contribution in [3.8, 4) is 11.6 Å². The lowest BCUT2D eigenvalue weighted by atomic mass is 10.2. The van der Waals surface area contributed by atoms with E-state index in [-0.39, 0.29) is 0 Å². The molecule has 0 spiro atoms. The third kappa shape index (κ3) is 3.37. The van der Waals surface area contributed by atoms with Crippen molar-refractivity contribution in [2.75, 3.05) is 0 Å². The van der Waals surface area contributed by atoms with Gasteiger partial charge in [-0.05, 0) is 31.2 Å². The maximum Gasteiger partial charge on any atom is 0.247 e. The highest BCUT2D eigenvalue weighted by molar-refractivity contribution is 5.69. The third-order valence-electron chi connectivity index (χ3n) is 3.20. The predicted octanol–water partition coefficient (Wildman–Crippen LogP) is 4.67. The monoisotopic (exact) mass is 303 g/mol. The summed E-state index contributed by atoms with van der Waals surface area (Å²) in [6.07, 6.45) is 9.52. The Kier molecular flexibility index (Phi) is 4.34. The fourth-order valence-corrected chi connectivity index (χ4v) is 2.08. The molecule has 4 heteroatoms. The third-order valence-corrected chi connectivity index (χ3v) is 3.20. The summed E-state index contributed by atoms with van der Waals surface area (Å²) in [5.74, 6) is 1.77. The van der Waals surface area contributed by atoms with Gasteiger partial charge in [0.25, 0.3) is 0 Å². The van der Waals surface area contributed by atoms with Crippen molar-refractivity contribution in [1.82, 2.24) is 14.6 Å². The zero-order chi connectivity index (χ0) is 16.1. The van der Waals surface area contributed by atoms with Gasteiger partial charge in [-0.2, -0.15) is 4.98 Å². The van der Waals surface area contributed by atoms with Crippen LogP contribution in [0.1, 0.15) is 12.7 Å². The Balaban J connectivity index is 1.99. The van der Waals surface area contributed by atoms with Crippen LogP contribution in [0.2, 0.25) is 0 Å². The molecule has 0 saturated carbocycles. The number of allylic oxidation sites excluding steroid dienone is 5. The molecule has 0 bridgehead atoms. The van der Waals surface area contributed by atoms with E-state index in [1.807, 2.05) is 79.9 Å². The first-order valence-corrected chi connectivity index (χ1v) is 7.35. The minimum atomic E-state index is 0.506. The lowest BCUT2D eigenvalue weighted by molar-refractivity contribution is 0.462. The van der Waals surface area contributed by atoms with Crippen molar-refractivity contribution in [2.45, 2.75) is 6.92 Å². The van der Waals surface area contributed by atoms with E-state index in [1.54, 1.807) is 4.52 Å². The summed E-state index contributed by atoms with van der Waals surface area (Å²) in [7, 11) is 0. The van der Waals surface area contributed by atoms with E-state index in [0.717, 1.165) is 16.8 Å². The summed E-state index contributed by atoms with van der Waals surface area (Å²) >= 11 is 0. The van der Waals surface area contributed by atoms with E-state index in [1.165, 1.54) is 0 Å². The molecule has 0 amide bonds. The first kappa shape index (κ1) is 14.8. The van der Waals surface area contributed by atoms with Crippen molar-refractivity contribution >= 4 is 11.1 Å².